The van der Waals surface area contributed by atoms with Gasteiger partial charge >= 0.3 is 0 Å². The van der Waals surface area contributed by atoms with Gasteiger partial charge in [-0.1, -0.05) is 19.6 Å². The second-order valence-electron chi connectivity index (χ2n) is 3.61. The highest BCUT2D eigenvalue weighted by atomic mass is 15.1. The largest absolute Gasteiger partial charge is 0.383 e. The van der Waals surface area contributed by atoms with Crippen LogP contribution in [-0.4, -0.2) is 44.0 Å². The third-order valence-electron chi connectivity index (χ3n) is 1.74. The van der Waals surface area contributed by atoms with Gasteiger partial charge in [0.05, 0.1) is 0 Å². The highest BCUT2D eigenvalue weighted by Gasteiger charge is 1.98. The van der Waals surface area contributed by atoms with Crippen LogP contribution in [0.1, 0.15) is 13.3 Å². The van der Waals surface area contributed by atoms with Gasteiger partial charge in [0, 0.05) is 26.8 Å². The normalized spacial score (nSPS) is 11.9. The predicted molar refractivity (Wildman–Crippen MR) is 59.8 cm³/mol. The predicted octanol–water partition coefficient (Wildman–Crippen LogP) is 1.96. The van der Waals surface area contributed by atoms with E-state index in [1.165, 1.54) is 12.0 Å². The van der Waals surface area contributed by atoms with Crippen LogP contribution >= 0.6 is 0 Å². The van der Waals surface area contributed by atoms with E-state index in [0.29, 0.717) is 0 Å². The van der Waals surface area contributed by atoms with Gasteiger partial charge in [-0.3, -0.25) is 0 Å². The van der Waals surface area contributed by atoms with E-state index in [1.54, 1.807) is 0 Å². The average Bonchev–Trinajstić information content (AvgIpc) is 2.02. The molecule has 0 aliphatic rings. The van der Waals surface area contributed by atoms with Crippen LogP contribution in [-0.2, 0) is 0 Å². The van der Waals surface area contributed by atoms with Gasteiger partial charge < -0.3 is 9.80 Å². The zero-order chi connectivity index (χ0) is 10.3. The molecule has 0 aromatic carbocycles. The fraction of sp³-hybridized carbons (Fsp3) is 0.636. The maximum atomic E-state index is 3.81. The first-order valence-corrected chi connectivity index (χ1v) is 4.78. The summed E-state index contributed by atoms with van der Waals surface area (Å²) in [5.74, 6) is 0. The second-order valence-corrected chi connectivity index (χ2v) is 3.61. The number of rotatable bonds is 6. The van der Waals surface area contributed by atoms with Crippen molar-refractivity contribution in [1.29, 1.82) is 0 Å². The molecule has 0 amide bonds. The van der Waals surface area contributed by atoms with Crippen molar-refractivity contribution in [1.82, 2.24) is 9.80 Å². The lowest BCUT2D eigenvalue weighted by molar-refractivity contribution is 0.362. The van der Waals surface area contributed by atoms with E-state index in [-0.39, 0.29) is 0 Å². The van der Waals surface area contributed by atoms with Crippen LogP contribution in [0.3, 0.4) is 0 Å². The van der Waals surface area contributed by atoms with Gasteiger partial charge in [0.25, 0.3) is 0 Å². The Bertz CT molecular complexity index is 171. The number of likely N-dealkylation sites (N-methyl/N-ethyl adjacent to an activating group) is 1. The molecule has 0 aliphatic carbocycles. The van der Waals surface area contributed by atoms with Crippen molar-refractivity contribution >= 4 is 0 Å². The fourth-order valence-corrected chi connectivity index (χ4v) is 1.26. The number of hydrogen-bond acceptors (Lipinski definition) is 2. The number of hydrogen-bond donors (Lipinski definition) is 0. The molecule has 0 atom stereocenters. The lowest BCUT2D eigenvalue weighted by Crippen LogP contribution is -2.22. The summed E-state index contributed by atoms with van der Waals surface area (Å²) in [6, 6.07) is 0. The molecule has 13 heavy (non-hydrogen) atoms. The minimum Gasteiger partial charge on any atom is -0.383 e. The summed E-state index contributed by atoms with van der Waals surface area (Å²) < 4.78 is 0. The van der Waals surface area contributed by atoms with Crippen LogP contribution in [0.5, 0.6) is 0 Å². The van der Waals surface area contributed by atoms with E-state index >= 15 is 0 Å². The van der Waals surface area contributed by atoms with E-state index in [0.717, 1.165) is 13.1 Å². The summed E-state index contributed by atoms with van der Waals surface area (Å²) in [7, 11) is 6.20. The van der Waals surface area contributed by atoms with Crippen LogP contribution in [0.2, 0.25) is 0 Å². The van der Waals surface area contributed by atoms with E-state index in [4.69, 9.17) is 0 Å². The average molecular weight is 182 g/mol. The summed E-state index contributed by atoms with van der Waals surface area (Å²) in [5, 5.41) is 0. The third-order valence-corrected chi connectivity index (χ3v) is 1.74. The maximum Gasteiger partial charge on any atom is 0.0244 e. The van der Waals surface area contributed by atoms with Crippen molar-refractivity contribution in [2.75, 3.05) is 34.2 Å². The minimum absolute atomic E-state index is 0.982. The molecule has 0 radical (unpaired) electrons. The molecule has 0 fully saturated rings. The van der Waals surface area contributed by atoms with Gasteiger partial charge in [-0.15, -0.1) is 0 Å². The topological polar surface area (TPSA) is 6.48 Å². The molecular formula is C11H22N2. The molecule has 0 bridgehead atoms. The molecule has 0 saturated heterocycles. The Labute approximate surface area is 82.5 Å². The summed E-state index contributed by atoms with van der Waals surface area (Å²) in [4.78, 5) is 4.35. The van der Waals surface area contributed by atoms with Crippen LogP contribution in [0.15, 0.2) is 24.4 Å². The molecule has 0 N–H and O–H groups in total. The Morgan fingerprint density at radius 3 is 2.31 bits per heavy atom. The summed E-state index contributed by atoms with van der Waals surface area (Å²) in [6.07, 6.45) is 5.23. The Balaban J connectivity index is 4.04. The van der Waals surface area contributed by atoms with Crippen molar-refractivity contribution in [2.45, 2.75) is 13.3 Å². The van der Waals surface area contributed by atoms with Crippen molar-refractivity contribution in [2.24, 2.45) is 0 Å². The molecule has 0 rings (SSSR count). The minimum atomic E-state index is 0.982. The molecule has 0 unspecified atom stereocenters. The molecule has 0 aliphatic heterocycles. The molecule has 0 aromatic rings. The monoisotopic (exact) mass is 182 g/mol. The quantitative estimate of drug-likeness (QED) is 0.579. The summed E-state index contributed by atoms with van der Waals surface area (Å²) in [6.45, 7) is 8.12. The highest BCUT2D eigenvalue weighted by molar-refractivity contribution is 5.16. The standard InChI is InChI=1S/C11H22N2/c1-6-8-13(5)10-11(7-2)9-12(3)4/h7,9H,2,6,8,10H2,1,3-5H3/b11-9+. The Morgan fingerprint density at radius 1 is 1.31 bits per heavy atom. The van der Waals surface area contributed by atoms with E-state index in [2.05, 4.69) is 36.6 Å². The molecule has 76 valence electrons. The first kappa shape index (κ1) is 12.2. The van der Waals surface area contributed by atoms with Crippen LogP contribution in [0.25, 0.3) is 0 Å². The van der Waals surface area contributed by atoms with Crippen LogP contribution in [0, 0.1) is 0 Å². The smallest absolute Gasteiger partial charge is 0.0244 e. The van der Waals surface area contributed by atoms with Crippen molar-refractivity contribution in [3.05, 3.63) is 24.4 Å². The van der Waals surface area contributed by atoms with E-state index in [9.17, 15) is 0 Å². The zero-order valence-electron chi connectivity index (χ0n) is 9.38. The maximum absolute atomic E-state index is 3.81. The Hall–Kier alpha value is -0.760. The molecule has 2 nitrogen and oxygen atoms in total. The third kappa shape index (κ3) is 6.41. The highest BCUT2D eigenvalue weighted by Crippen LogP contribution is 2.00. The van der Waals surface area contributed by atoms with E-state index < -0.39 is 0 Å². The van der Waals surface area contributed by atoms with Gasteiger partial charge in [0.1, 0.15) is 0 Å². The molecule has 0 aromatic heterocycles. The Morgan fingerprint density at radius 2 is 1.92 bits per heavy atom. The van der Waals surface area contributed by atoms with Crippen molar-refractivity contribution in [3.63, 3.8) is 0 Å². The molecule has 0 spiro atoms. The molecule has 2 heteroatoms. The number of nitrogens with zero attached hydrogens (tertiary/aromatic N) is 2. The van der Waals surface area contributed by atoms with E-state index in [1.807, 2.05) is 20.2 Å². The van der Waals surface area contributed by atoms with Gasteiger partial charge in [-0.2, -0.15) is 0 Å². The van der Waals surface area contributed by atoms with Crippen molar-refractivity contribution in [3.8, 4) is 0 Å². The Kier molecular flexibility index (Phi) is 6.33. The lowest BCUT2D eigenvalue weighted by atomic mass is 10.2. The van der Waals surface area contributed by atoms with Crippen LogP contribution in [0.4, 0.5) is 0 Å². The molecular weight excluding hydrogens is 160 g/mol. The molecule has 0 heterocycles. The first-order valence-electron chi connectivity index (χ1n) is 4.78. The van der Waals surface area contributed by atoms with Gasteiger partial charge in [0.2, 0.25) is 0 Å². The zero-order valence-corrected chi connectivity index (χ0v) is 9.38. The van der Waals surface area contributed by atoms with Gasteiger partial charge in [-0.05, 0) is 25.6 Å². The molecule has 0 saturated carbocycles. The van der Waals surface area contributed by atoms with Crippen LogP contribution < -0.4 is 0 Å². The van der Waals surface area contributed by atoms with Gasteiger partial charge in [-0.25, -0.2) is 0 Å². The lowest BCUT2D eigenvalue weighted by Gasteiger charge is -2.17. The fourth-order valence-electron chi connectivity index (χ4n) is 1.26. The first-order chi connectivity index (χ1) is 6.10. The second kappa shape index (κ2) is 6.72. The van der Waals surface area contributed by atoms with Gasteiger partial charge in [0.15, 0.2) is 0 Å². The SMILES string of the molecule is C=C/C(=C\N(C)C)CN(C)CCC. The summed E-state index contributed by atoms with van der Waals surface area (Å²) in [5.41, 5.74) is 1.26. The van der Waals surface area contributed by atoms with Crippen molar-refractivity contribution < 1.29 is 0 Å². The summed E-state index contributed by atoms with van der Waals surface area (Å²) >= 11 is 0.